The molecule has 26 heavy (non-hydrogen) atoms. The van der Waals surface area contributed by atoms with Crippen molar-refractivity contribution in [1.82, 2.24) is 24.9 Å². The summed E-state index contributed by atoms with van der Waals surface area (Å²) in [6, 6.07) is 11.7. The van der Waals surface area contributed by atoms with Crippen LogP contribution in [-0.4, -0.2) is 43.6 Å². The summed E-state index contributed by atoms with van der Waals surface area (Å²) >= 11 is 1.47. The maximum Gasteiger partial charge on any atom is 0.293 e. The Morgan fingerprint density at radius 2 is 2.08 bits per heavy atom. The van der Waals surface area contributed by atoms with E-state index in [1.807, 2.05) is 41.1 Å². The van der Waals surface area contributed by atoms with Gasteiger partial charge in [0.2, 0.25) is 0 Å². The van der Waals surface area contributed by atoms with E-state index >= 15 is 0 Å². The number of benzene rings is 1. The Morgan fingerprint density at radius 3 is 2.85 bits per heavy atom. The third-order valence-electron chi connectivity index (χ3n) is 4.49. The molecule has 0 radical (unpaired) electrons. The zero-order valence-electron chi connectivity index (χ0n) is 14.6. The van der Waals surface area contributed by atoms with Crippen LogP contribution in [0.3, 0.4) is 0 Å². The number of hydrogen-bond donors (Lipinski definition) is 1. The summed E-state index contributed by atoms with van der Waals surface area (Å²) in [6.07, 6.45) is 0.308. The highest BCUT2D eigenvalue weighted by molar-refractivity contribution is 7.13. The Balaban J connectivity index is 1.50. The summed E-state index contributed by atoms with van der Waals surface area (Å²) < 4.78 is 7.14. The molecule has 8 heteroatoms. The molecule has 1 aliphatic rings. The highest BCUT2D eigenvalue weighted by atomic mass is 32.1. The summed E-state index contributed by atoms with van der Waals surface area (Å²) in [5, 5.41) is 25.0. The number of hydrogen-bond acceptors (Lipinski definition) is 7. The second-order valence-corrected chi connectivity index (χ2v) is 7.35. The van der Waals surface area contributed by atoms with E-state index in [2.05, 4.69) is 20.2 Å². The minimum atomic E-state index is -0.698. The molecule has 1 atom stereocenters. The topological polar surface area (TPSA) is 76.3 Å². The van der Waals surface area contributed by atoms with Crippen LogP contribution >= 0.6 is 11.3 Å². The van der Waals surface area contributed by atoms with Gasteiger partial charge < -0.3 is 9.84 Å². The number of rotatable bonds is 5. The van der Waals surface area contributed by atoms with Crippen LogP contribution < -0.4 is 4.74 Å². The van der Waals surface area contributed by atoms with Gasteiger partial charge in [0.25, 0.3) is 5.19 Å². The van der Waals surface area contributed by atoms with Crippen molar-refractivity contribution in [1.29, 1.82) is 0 Å². The molecule has 0 amide bonds. The lowest BCUT2D eigenvalue weighted by Crippen LogP contribution is -2.22. The molecule has 0 saturated heterocycles. The molecule has 7 nitrogen and oxygen atoms in total. The molecular weight excluding hydrogens is 350 g/mol. The van der Waals surface area contributed by atoms with Crippen molar-refractivity contribution in [2.75, 3.05) is 13.7 Å². The maximum atomic E-state index is 10.6. The first-order chi connectivity index (χ1) is 12.7. The molecule has 4 rings (SSSR count). The average Bonchev–Trinajstić information content (AvgIpc) is 3.24. The molecule has 2 aromatic heterocycles. The molecule has 0 aliphatic carbocycles. The van der Waals surface area contributed by atoms with Crippen LogP contribution in [0.2, 0.25) is 0 Å². The van der Waals surface area contributed by atoms with Crippen molar-refractivity contribution in [3.63, 3.8) is 0 Å². The van der Waals surface area contributed by atoms with Crippen LogP contribution in [0, 0.1) is 0 Å². The molecule has 0 bridgehead atoms. The Labute approximate surface area is 155 Å². The molecule has 3 aromatic rings. The second kappa shape index (κ2) is 7.53. The van der Waals surface area contributed by atoms with E-state index in [1.165, 1.54) is 11.3 Å². The van der Waals surface area contributed by atoms with E-state index in [-0.39, 0.29) is 0 Å². The summed E-state index contributed by atoms with van der Waals surface area (Å²) in [5.74, 6) is 0. The number of aryl methyl sites for hydroxylation is 1. The van der Waals surface area contributed by atoms with E-state index in [0.717, 1.165) is 48.9 Å². The van der Waals surface area contributed by atoms with Crippen molar-refractivity contribution in [2.24, 2.45) is 0 Å². The van der Waals surface area contributed by atoms with Crippen LogP contribution in [0.25, 0.3) is 0 Å². The predicted octanol–water partition coefficient (Wildman–Crippen LogP) is 2.23. The molecule has 0 saturated carbocycles. The SMILES string of the molecule is COc1nnc(CN2CCCn3nc([C@H](O)c4ccccc4)cc3C2)s1. The lowest BCUT2D eigenvalue weighted by Gasteiger charge is -2.17. The number of nitrogens with zero attached hydrogens (tertiary/aromatic N) is 5. The van der Waals surface area contributed by atoms with Crippen LogP contribution in [0.1, 0.15) is 34.5 Å². The molecule has 1 aliphatic heterocycles. The zero-order chi connectivity index (χ0) is 17.9. The lowest BCUT2D eigenvalue weighted by molar-refractivity contribution is 0.213. The van der Waals surface area contributed by atoms with Gasteiger partial charge in [-0.05, 0) is 18.1 Å². The van der Waals surface area contributed by atoms with Gasteiger partial charge in [0.15, 0.2) is 0 Å². The zero-order valence-corrected chi connectivity index (χ0v) is 15.4. The summed E-state index contributed by atoms with van der Waals surface area (Å²) in [5.41, 5.74) is 2.67. The van der Waals surface area contributed by atoms with E-state index in [9.17, 15) is 5.11 Å². The normalized spacial score (nSPS) is 16.1. The monoisotopic (exact) mass is 371 g/mol. The minimum absolute atomic E-state index is 0.591. The number of aliphatic hydroxyl groups excluding tert-OH is 1. The van der Waals surface area contributed by atoms with E-state index in [1.54, 1.807) is 7.11 Å². The maximum absolute atomic E-state index is 10.6. The smallest absolute Gasteiger partial charge is 0.293 e. The fourth-order valence-corrected chi connectivity index (χ4v) is 3.90. The molecule has 0 spiro atoms. The Kier molecular flexibility index (Phi) is 4.96. The first-order valence-electron chi connectivity index (χ1n) is 8.61. The second-order valence-electron chi connectivity index (χ2n) is 6.33. The van der Waals surface area contributed by atoms with Gasteiger partial charge in [-0.2, -0.15) is 5.10 Å². The number of methoxy groups -OCH3 is 1. The van der Waals surface area contributed by atoms with Crippen molar-refractivity contribution in [3.8, 4) is 5.19 Å². The van der Waals surface area contributed by atoms with Crippen molar-refractivity contribution in [2.45, 2.75) is 32.2 Å². The third kappa shape index (κ3) is 3.62. The molecule has 3 heterocycles. The fraction of sp³-hybridized carbons (Fsp3) is 0.389. The fourth-order valence-electron chi connectivity index (χ4n) is 3.20. The summed E-state index contributed by atoms with van der Waals surface area (Å²) in [6.45, 7) is 3.34. The van der Waals surface area contributed by atoms with Gasteiger partial charge in [0.1, 0.15) is 11.1 Å². The summed E-state index contributed by atoms with van der Waals surface area (Å²) in [7, 11) is 1.61. The van der Waals surface area contributed by atoms with Gasteiger partial charge >= 0.3 is 0 Å². The standard InChI is InChI=1S/C18H21N5O2S/c1-25-18-20-19-16(26-18)12-22-8-5-9-23-14(11-22)10-15(21-23)17(24)13-6-3-2-4-7-13/h2-4,6-7,10,17,24H,5,8-9,11-12H2,1H3/t17-/m1/s1. The Hall–Kier alpha value is -2.29. The van der Waals surface area contributed by atoms with Crippen molar-refractivity contribution < 1.29 is 9.84 Å². The molecular formula is C18H21N5O2S. The molecule has 0 unspecified atom stereocenters. The highest BCUT2D eigenvalue weighted by Gasteiger charge is 2.21. The van der Waals surface area contributed by atoms with Gasteiger partial charge in [-0.3, -0.25) is 9.58 Å². The van der Waals surface area contributed by atoms with E-state index < -0.39 is 6.10 Å². The number of fused-ring (bicyclic) bond motifs is 1. The number of ether oxygens (including phenoxy) is 1. The van der Waals surface area contributed by atoms with Gasteiger partial charge in [0.05, 0.1) is 25.0 Å². The highest BCUT2D eigenvalue weighted by Crippen LogP contribution is 2.25. The first kappa shape index (κ1) is 17.1. The van der Waals surface area contributed by atoms with Crippen molar-refractivity contribution >= 4 is 11.3 Å². The lowest BCUT2D eigenvalue weighted by atomic mass is 10.1. The van der Waals surface area contributed by atoms with Crippen LogP contribution in [0.15, 0.2) is 36.4 Å². The quantitative estimate of drug-likeness (QED) is 0.741. The van der Waals surface area contributed by atoms with Crippen LogP contribution in [-0.2, 0) is 19.6 Å². The van der Waals surface area contributed by atoms with Crippen LogP contribution in [0.5, 0.6) is 5.19 Å². The van der Waals surface area contributed by atoms with Gasteiger partial charge in [-0.15, -0.1) is 10.2 Å². The average molecular weight is 371 g/mol. The summed E-state index contributed by atoms with van der Waals surface area (Å²) in [4.78, 5) is 2.33. The Bertz CT molecular complexity index is 864. The van der Waals surface area contributed by atoms with Crippen LogP contribution in [0.4, 0.5) is 0 Å². The van der Waals surface area contributed by atoms with Crippen molar-refractivity contribution in [3.05, 3.63) is 58.4 Å². The van der Waals surface area contributed by atoms with Gasteiger partial charge in [0, 0.05) is 19.6 Å². The molecule has 1 aromatic carbocycles. The van der Waals surface area contributed by atoms with Gasteiger partial charge in [-0.1, -0.05) is 41.7 Å². The number of aliphatic hydroxyl groups is 1. The van der Waals surface area contributed by atoms with E-state index in [0.29, 0.717) is 10.9 Å². The predicted molar refractivity (Wildman–Crippen MR) is 97.9 cm³/mol. The minimum Gasteiger partial charge on any atom is -0.472 e. The first-order valence-corrected chi connectivity index (χ1v) is 9.43. The molecule has 136 valence electrons. The third-order valence-corrected chi connectivity index (χ3v) is 5.36. The molecule has 1 N–H and O–H groups in total. The largest absolute Gasteiger partial charge is 0.472 e. The number of aromatic nitrogens is 4. The van der Waals surface area contributed by atoms with Gasteiger partial charge in [-0.25, -0.2) is 0 Å². The molecule has 0 fully saturated rings. The Morgan fingerprint density at radius 1 is 1.23 bits per heavy atom. The van der Waals surface area contributed by atoms with E-state index in [4.69, 9.17) is 4.74 Å².